The van der Waals surface area contributed by atoms with Crippen molar-refractivity contribution in [1.29, 1.82) is 0 Å². The number of aromatic nitrogens is 2. The number of hydrogen-bond donors (Lipinski definition) is 1. The lowest BCUT2D eigenvalue weighted by molar-refractivity contribution is -0.137. The van der Waals surface area contributed by atoms with Crippen LogP contribution in [0, 0.1) is 0 Å². The number of anilines is 2. The molecule has 0 spiro atoms. The Morgan fingerprint density at radius 2 is 1.80 bits per heavy atom. The van der Waals surface area contributed by atoms with E-state index < -0.39 is 23.2 Å². The zero-order chi connectivity index (χ0) is 17.9. The Labute approximate surface area is 142 Å². The highest BCUT2D eigenvalue weighted by molar-refractivity contribution is 6.05. The highest BCUT2D eigenvalue weighted by Gasteiger charge is 2.34. The van der Waals surface area contributed by atoms with Gasteiger partial charge in [0.2, 0.25) is 0 Å². The Morgan fingerprint density at radius 1 is 1.08 bits per heavy atom. The molecule has 0 saturated carbocycles. The summed E-state index contributed by atoms with van der Waals surface area (Å²) in [5.74, 6) is -0.0112. The van der Waals surface area contributed by atoms with E-state index in [2.05, 4.69) is 20.2 Å². The van der Waals surface area contributed by atoms with Gasteiger partial charge in [0, 0.05) is 19.2 Å². The molecule has 1 aliphatic heterocycles. The minimum absolute atomic E-state index is 0.178. The summed E-state index contributed by atoms with van der Waals surface area (Å²) < 4.78 is 39.1. The summed E-state index contributed by atoms with van der Waals surface area (Å²) in [5.41, 5.74) is -1.41. The molecule has 2 aromatic rings. The van der Waals surface area contributed by atoms with E-state index in [4.69, 9.17) is 0 Å². The molecule has 0 atom stereocenters. The number of hydrogen-bond acceptors (Lipinski definition) is 4. The predicted molar refractivity (Wildman–Crippen MR) is 87.5 cm³/mol. The van der Waals surface area contributed by atoms with Gasteiger partial charge in [0.25, 0.3) is 5.91 Å². The molecule has 5 nitrogen and oxygen atoms in total. The fourth-order valence-electron chi connectivity index (χ4n) is 2.82. The molecule has 2 heterocycles. The van der Waals surface area contributed by atoms with Crippen molar-refractivity contribution in [2.45, 2.75) is 25.4 Å². The molecule has 25 heavy (non-hydrogen) atoms. The van der Waals surface area contributed by atoms with Crippen molar-refractivity contribution in [3.05, 3.63) is 47.8 Å². The molecule has 132 valence electrons. The molecule has 0 unspecified atom stereocenters. The van der Waals surface area contributed by atoms with Gasteiger partial charge in [-0.25, -0.2) is 9.97 Å². The second-order valence-electron chi connectivity index (χ2n) is 5.81. The first kappa shape index (κ1) is 17.2. The number of benzene rings is 1. The molecule has 1 aromatic carbocycles. The molecular formula is C17H17F3N4O. The third-order valence-electron chi connectivity index (χ3n) is 4.05. The second-order valence-corrected chi connectivity index (χ2v) is 5.81. The maximum Gasteiger partial charge on any atom is 0.417 e. The van der Waals surface area contributed by atoms with E-state index in [1.54, 1.807) is 6.07 Å². The highest BCUT2D eigenvalue weighted by atomic mass is 19.4. The van der Waals surface area contributed by atoms with Gasteiger partial charge in [-0.2, -0.15) is 13.2 Å². The fourth-order valence-corrected chi connectivity index (χ4v) is 2.82. The summed E-state index contributed by atoms with van der Waals surface area (Å²) in [4.78, 5) is 22.5. The van der Waals surface area contributed by atoms with Gasteiger partial charge in [-0.05, 0) is 31.4 Å². The summed E-state index contributed by atoms with van der Waals surface area (Å²) in [7, 11) is 0. The maximum absolute atomic E-state index is 13.0. The first-order valence-corrected chi connectivity index (χ1v) is 8.00. The van der Waals surface area contributed by atoms with Crippen molar-refractivity contribution < 1.29 is 18.0 Å². The van der Waals surface area contributed by atoms with Crippen LogP contribution in [0.3, 0.4) is 0 Å². The van der Waals surface area contributed by atoms with Gasteiger partial charge in [0.1, 0.15) is 18.0 Å². The Bertz CT molecular complexity index is 758. The van der Waals surface area contributed by atoms with Crippen LogP contribution in [0.1, 0.15) is 35.2 Å². The summed E-state index contributed by atoms with van der Waals surface area (Å²) in [5, 5.41) is 2.43. The van der Waals surface area contributed by atoms with Crippen molar-refractivity contribution in [2.75, 3.05) is 23.3 Å². The predicted octanol–water partition coefficient (Wildman–Crippen LogP) is 3.74. The molecule has 1 saturated heterocycles. The molecule has 3 rings (SSSR count). The molecule has 1 fully saturated rings. The lowest BCUT2D eigenvalue weighted by Crippen LogP contribution is -2.30. The van der Waals surface area contributed by atoms with Crippen molar-refractivity contribution >= 4 is 17.5 Å². The van der Waals surface area contributed by atoms with Crippen LogP contribution in [-0.2, 0) is 6.18 Å². The van der Waals surface area contributed by atoms with Crippen LogP contribution >= 0.6 is 0 Å². The van der Waals surface area contributed by atoms with Crippen LogP contribution in [0.15, 0.2) is 36.7 Å². The monoisotopic (exact) mass is 350 g/mol. The fraction of sp³-hybridized carbons (Fsp3) is 0.353. The van der Waals surface area contributed by atoms with E-state index in [1.165, 1.54) is 24.9 Å². The van der Waals surface area contributed by atoms with Gasteiger partial charge in [0.05, 0.1) is 11.1 Å². The van der Waals surface area contributed by atoms with E-state index in [1.807, 2.05) is 0 Å². The summed E-state index contributed by atoms with van der Waals surface area (Å²) >= 11 is 0. The van der Waals surface area contributed by atoms with Crippen molar-refractivity contribution in [3.8, 4) is 0 Å². The van der Waals surface area contributed by atoms with Gasteiger partial charge in [-0.15, -0.1) is 0 Å². The number of halogens is 3. The van der Waals surface area contributed by atoms with E-state index in [9.17, 15) is 18.0 Å². The van der Waals surface area contributed by atoms with E-state index in [-0.39, 0.29) is 5.82 Å². The van der Waals surface area contributed by atoms with E-state index in [0.717, 1.165) is 38.1 Å². The van der Waals surface area contributed by atoms with Gasteiger partial charge >= 0.3 is 6.18 Å². The Hall–Kier alpha value is -2.64. The normalized spacial score (nSPS) is 15.1. The average molecular weight is 350 g/mol. The summed E-state index contributed by atoms with van der Waals surface area (Å²) in [6, 6.07) is 6.25. The van der Waals surface area contributed by atoms with Crippen LogP contribution in [0.5, 0.6) is 0 Å². The zero-order valence-electron chi connectivity index (χ0n) is 13.4. The third kappa shape index (κ3) is 4.07. The van der Waals surface area contributed by atoms with Crippen LogP contribution < -0.4 is 10.2 Å². The van der Waals surface area contributed by atoms with Gasteiger partial charge in [-0.3, -0.25) is 4.79 Å². The van der Waals surface area contributed by atoms with Gasteiger partial charge in [-0.1, -0.05) is 12.1 Å². The van der Waals surface area contributed by atoms with Crippen LogP contribution in [0.4, 0.5) is 24.8 Å². The van der Waals surface area contributed by atoms with Crippen LogP contribution in [0.25, 0.3) is 0 Å². The maximum atomic E-state index is 13.0. The topological polar surface area (TPSA) is 58.1 Å². The van der Waals surface area contributed by atoms with Gasteiger partial charge in [0.15, 0.2) is 0 Å². The lowest BCUT2D eigenvalue weighted by Gasteiger charge is -2.27. The number of amides is 1. The van der Waals surface area contributed by atoms with Crippen molar-refractivity contribution in [1.82, 2.24) is 9.97 Å². The van der Waals surface area contributed by atoms with Gasteiger partial charge < -0.3 is 10.2 Å². The molecule has 1 aliphatic rings. The molecule has 0 aliphatic carbocycles. The first-order valence-electron chi connectivity index (χ1n) is 8.00. The average Bonchev–Trinajstić information content (AvgIpc) is 2.62. The number of carbonyl (C=O) groups excluding carboxylic acids is 1. The molecule has 1 amide bonds. The van der Waals surface area contributed by atoms with Crippen LogP contribution in [-0.4, -0.2) is 29.0 Å². The summed E-state index contributed by atoms with van der Waals surface area (Å²) in [6.07, 6.45) is -0.0114. The standard InChI is InChI=1S/C17H17F3N4O/c18-17(19,20)13-7-3-2-6-12(13)16(25)23-14-10-15(22-11-21-14)24-8-4-1-5-9-24/h2-3,6-7,10-11H,1,4-5,8-9H2,(H,21,22,23,25). The zero-order valence-corrected chi connectivity index (χ0v) is 13.4. The number of piperidine rings is 1. The minimum atomic E-state index is -4.60. The van der Waals surface area contributed by atoms with Crippen LogP contribution in [0.2, 0.25) is 0 Å². The highest BCUT2D eigenvalue weighted by Crippen LogP contribution is 2.32. The van der Waals surface area contributed by atoms with Crippen molar-refractivity contribution in [3.63, 3.8) is 0 Å². The number of nitrogens with one attached hydrogen (secondary N) is 1. The number of carbonyl (C=O) groups is 1. The Morgan fingerprint density at radius 3 is 2.52 bits per heavy atom. The smallest absolute Gasteiger partial charge is 0.356 e. The molecule has 1 N–H and O–H groups in total. The molecular weight excluding hydrogens is 333 g/mol. The van der Waals surface area contributed by atoms with E-state index in [0.29, 0.717) is 5.82 Å². The Kier molecular flexibility index (Phi) is 4.87. The largest absolute Gasteiger partial charge is 0.417 e. The van der Waals surface area contributed by atoms with Crippen molar-refractivity contribution in [2.24, 2.45) is 0 Å². The third-order valence-corrected chi connectivity index (χ3v) is 4.05. The summed E-state index contributed by atoms with van der Waals surface area (Å²) in [6.45, 7) is 1.72. The number of nitrogens with zero attached hydrogens (tertiary/aromatic N) is 3. The molecule has 0 radical (unpaired) electrons. The Balaban J connectivity index is 1.80. The SMILES string of the molecule is O=C(Nc1cc(N2CCCCC2)ncn1)c1ccccc1C(F)(F)F. The number of rotatable bonds is 3. The molecule has 8 heteroatoms. The molecule has 1 aromatic heterocycles. The minimum Gasteiger partial charge on any atom is -0.356 e. The second kappa shape index (κ2) is 7.08. The lowest BCUT2D eigenvalue weighted by atomic mass is 10.1. The first-order chi connectivity index (χ1) is 11.9. The quantitative estimate of drug-likeness (QED) is 0.916. The van der Waals surface area contributed by atoms with E-state index >= 15 is 0 Å². The molecule has 0 bridgehead atoms. The number of alkyl halides is 3.